The summed E-state index contributed by atoms with van der Waals surface area (Å²) in [6.45, 7) is 1.35. The van der Waals surface area contributed by atoms with Crippen molar-refractivity contribution in [3.63, 3.8) is 0 Å². The number of ether oxygens (including phenoxy) is 2. The first-order valence-corrected chi connectivity index (χ1v) is 11.6. The predicted molar refractivity (Wildman–Crippen MR) is 123 cm³/mol. The molecule has 180 valence electrons. The van der Waals surface area contributed by atoms with E-state index in [9.17, 15) is 23.3 Å². The third-order valence-corrected chi connectivity index (χ3v) is 6.27. The van der Waals surface area contributed by atoms with Crippen LogP contribution in [0.3, 0.4) is 0 Å². The first-order valence-electron chi connectivity index (χ1n) is 10.2. The van der Waals surface area contributed by atoms with Crippen LogP contribution in [-0.4, -0.2) is 37.3 Å². The molecule has 0 fully saturated rings. The van der Waals surface area contributed by atoms with Gasteiger partial charge in [-0.2, -0.15) is 13.4 Å². The van der Waals surface area contributed by atoms with E-state index >= 15 is 0 Å². The fourth-order valence-electron chi connectivity index (χ4n) is 3.23. The maximum absolute atomic E-state index is 12.5. The molecule has 11 nitrogen and oxygen atoms in total. The number of carbonyl (C=O) groups is 1. The average molecular weight is 497 g/mol. The van der Waals surface area contributed by atoms with Gasteiger partial charge in [-0.3, -0.25) is 14.9 Å². The lowest BCUT2D eigenvalue weighted by Gasteiger charge is -2.19. The summed E-state index contributed by atoms with van der Waals surface area (Å²) >= 11 is 0. The molecular formula is C23H19N3O8S. The van der Waals surface area contributed by atoms with Crippen LogP contribution in [0.4, 0.5) is 5.69 Å². The Labute approximate surface area is 200 Å². The van der Waals surface area contributed by atoms with Crippen LogP contribution in [0.5, 0.6) is 11.5 Å². The van der Waals surface area contributed by atoms with Crippen LogP contribution in [0.2, 0.25) is 0 Å². The lowest BCUT2D eigenvalue weighted by atomic mass is 10.2. The number of carbonyl (C=O) groups excluding carboxylic acids is 1. The van der Waals surface area contributed by atoms with E-state index in [0.29, 0.717) is 16.9 Å². The van der Waals surface area contributed by atoms with Crippen LogP contribution in [0, 0.1) is 10.1 Å². The molecule has 35 heavy (non-hydrogen) atoms. The third kappa shape index (κ3) is 5.06. The molecule has 1 heterocycles. The Bertz CT molecular complexity index is 1390. The van der Waals surface area contributed by atoms with Crippen molar-refractivity contribution >= 4 is 27.6 Å². The van der Waals surface area contributed by atoms with Crippen molar-refractivity contribution in [2.24, 2.45) is 5.10 Å². The zero-order chi connectivity index (χ0) is 25.2. The van der Waals surface area contributed by atoms with Gasteiger partial charge in [-0.05, 0) is 60.7 Å². The maximum Gasteiger partial charge on any atom is 0.339 e. The molecule has 1 amide bonds. The van der Waals surface area contributed by atoms with Gasteiger partial charge in [-0.25, -0.2) is 0 Å². The molecule has 1 aliphatic heterocycles. The van der Waals surface area contributed by atoms with Crippen molar-refractivity contribution < 1.29 is 31.8 Å². The topological polar surface area (TPSA) is 138 Å². The quantitative estimate of drug-likeness (QED) is 0.274. The van der Waals surface area contributed by atoms with Crippen LogP contribution < -0.4 is 8.92 Å². The second-order valence-electron chi connectivity index (χ2n) is 7.32. The molecule has 0 bridgehead atoms. The lowest BCUT2D eigenvalue weighted by Crippen LogP contribution is -2.25. The SMILES string of the molecule is COc1ccc(C2=NN(C(C)=O)C(c3ccc(OS(=O)(=O)c4ccc([N+](=O)[O-])cc4)cc3)O2)cc1. The summed E-state index contributed by atoms with van der Waals surface area (Å²) in [7, 11) is -2.66. The lowest BCUT2D eigenvalue weighted by molar-refractivity contribution is -0.384. The van der Waals surface area contributed by atoms with Crippen LogP contribution in [-0.2, 0) is 19.6 Å². The van der Waals surface area contributed by atoms with Crippen molar-refractivity contribution in [2.45, 2.75) is 18.0 Å². The smallest absolute Gasteiger partial charge is 0.339 e. The molecule has 0 saturated heterocycles. The highest BCUT2D eigenvalue weighted by atomic mass is 32.2. The van der Waals surface area contributed by atoms with Gasteiger partial charge in [0, 0.05) is 30.2 Å². The molecule has 1 atom stereocenters. The number of rotatable bonds is 7. The van der Waals surface area contributed by atoms with E-state index in [2.05, 4.69) is 5.10 Å². The van der Waals surface area contributed by atoms with E-state index < -0.39 is 21.3 Å². The second kappa shape index (κ2) is 9.43. The summed E-state index contributed by atoms with van der Waals surface area (Å²) < 4.78 is 41.2. The maximum atomic E-state index is 12.5. The Morgan fingerprint density at radius 1 is 1.00 bits per heavy atom. The number of nitro groups is 1. The summed E-state index contributed by atoms with van der Waals surface area (Å²) in [5, 5.41) is 16.2. The number of hydrazone groups is 1. The van der Waals surface area contributed by atoms with Gasteiger partial charge < -0.3 is 13.7 Å². The van der Waals surface area contributed by atoms with E-state index in [1.54, 1.807) is 43.5 Å². The molecule has 12 heteroatoms. The Kier molecular flexibility index (Phi) is 6.38. The van der Waals surface area contributed by atoms with Gasteiger partial charge in [0.15, 0.2) is 0 Å². The average Bonchev–Trinajstić information content (AvgIpc) is 3.30. The fourth-order valence-corrected chi connectivity index (χ4v) is 4.16. The minimum atomic E-state index is -4.21. The minimum Gasteiger partial charge on any atom is -0.497 e. The van der Waals surface area contributed by atoms with Crippen molar-refractivity contribution in [2.75, 3.05) is 7.11 Å². The van der Waals surface area contributed by atoms with Crippen LogP contribution in [0.1, 0.15) is 24.3 Å². The molecule has 3 aromatic rings. The van der Waals surface area contributed by atoms with Crippen LogP contribution in [0.25, 0.3) is 0 Å². The number of non-ortho nitro benzene ring substituents is 1. The minimum absolute atomic E-state index is 0.00997. The number of methoxy groups -OCH3 is 1. The summed E-state index contributed by atoms with van der Waals surface area (Å²) in [4.78, 5) is 22.1. The first-order chi connectivity index (χ1) is 16.7. The van der Waals surface area contributed by atoms with Crippen molar-refractivity contribution in [1.29, 1.82) is 0 Å². The van der Waals surface area contributed by atoms with E-state index in [-0.39, 0.29) is 28.1 Å². The highest BCUT2D eigenvalue weighted by Crippen LogP contribution is 2.32. The molecule has 0 N–H and O–H groups in total. The molecule has 1 unspecified atom stereocenters. The van der Waals surface area contributed by atoms with E-state index in [1.807, 2.05) is 0 Å². The molecule has 0 aliphatic carbocycles. The van der Waals surface area contributed by atoms with E-state index in [0.717, 1.165) is 24.3 Å². The van der Waals surface area contributed by atoms with Crippen molar-refractivity contribution in [1.82, 2.24) is 5.01 Å². The highest BCUT2D eigenvalue weighted by Gasteiger charge is 2.33. The zero-order valence-corrected chi connectivity index (χ0v) is 19.3. The van der Waals surface area contributed by atoms with Gasteiger partial charge in [0.2, 0.25) is 18.0 Å². The highest BCUT2D eigenvalue weighted by molar-refractivity contribution is 7.87. The van der Waals surface area contributed by atoms with Gasteiger partial charge >= 0.3 is 10.1 Å². The Balaban J connectivity index is 1.51. The fraction of sp³-hybridized carbons (Fsp3) is 0.130. The number of nitrogens with zero attached hydrogens (tertiary/aromatic N) is 3. The number of hydrogen-bond acceptors (Lipinski definition) is 9. The van der Waals surface area contributed by atoms with Gasteiger partial charge in [-0.1, -0.05) is 0 Å². The summed E-state index contributed by atoms with van der Waals surface area (Å²) in [6, 6.07) is 17.2. The molecule has 1 aliphatic rings. The molecule has 0 saturated carbocycles. The predicted octanol–water partition coefficient (Wildman–Crippen LogP) is 3.61. The monoisotopic (exact) mass is 497 g/mol. The number of benzene rings is 3. The standard InChI is InChI=1S/C23H19N3O8S/c1-15(27)25-23(33-22(24-25)16-3-9-19(32-2)10-4-16)17-5-11-20(12-6-17)34-35(30,31)21-13-7-18(8-14-21)26(28)29/h3-14,23H,1-2H3. The van der Waals surface area contributed by atoms with Crippen LogP contribution >= 0.6 is 0 Å². The van der Waals surface area contributed by atoms with E-state index in [1.165, 1.54) is 24.1 Å². The molecule has 0 aromatic heterocycles. The van der Waals surface area contributed by atoms with E-state index in [4.69, 9.17) is 13.7 Å². The first kappa shape index (κ1) is 23.7. The van der Waals surface area contributed by atoms with Gasteiger partial charge in [0.1, 0.15) is 16.4 Å². The second-order valence-corrected chi connectivity index (χ2v) is 8.87. The third-order valence-electron chi connectivity index (χ3n) is 5.01. The normalized spacial score (nSPS) is 15.2. The zero-order valence-electron chi connectivity index (χ0n) is 18.5. The molecule has 3 aromatic carbocycles. The molecule has 0 radical (unpaired) electrons. The largest absolute Gasteiger partial charge is 0.497 e. The number of nitro benzene ring substituents is 1. The van der Waals surface area contributed by atoms with Crippen molar-refractivity contribution in [3.05, 3.63) is 94.0 Å². The van der Waals surface area contributed by atoms with Gasteiger partial charge in [0.25, 0.3) is 5.69 Å². The van der Waals surface area contributed by atoms with Crippen molar-refractivity contribution in [3.8, 4) is 11.5 Å². The summed E-state index contributed by atoms with van der Waals surface area (Å²) in [5.74, 6) is 0.566. The Morgan fingerprint density at radius 2 is 1.60 bits per heavy atom. The molecule has 4 rings (SSSR count). The Hall–Kier alpha value is -4.45. The summed E-state index contributed by atoms with van der Waals surface area (Å²) in [6.07, 6.45) is -0.857. The number of amides is 1. The number of hydrogen-bond donors (Lipinski definition) is 0. The van der Waals surface area contributed by atoms with Crippen LogP contribution in [0.15, 0.2) is 82.8 Å². The molecular weight excluding hydrogens is 478 g/mol. The molecule has 0 spiro atoms. The Morgan fingerprint density at radius 3 is 2.14 bits per heavy atom. The summed E-state index contributed by atoms with van der Waals surface area (Å²) in [5.41, 5.74) is 0.942. The van der Waals surface area contributed by atoms with Gasteiger partial charge in [0.05, 0.1) is 12.0 Å². The van der Waals surface area contributed by atoms with Gasteiger partial charge in [-0.15, -0.1) is 5.10 Å².